The Morgan fingerprint density at radius 3 is 3.05 bits per heavy atom. The number of hydrogen-bond donors (Lipinski definition) is 1. The monoisotopic (exact) mass is 259 g/mol. The highest BCUT2D eigenvalue weighted by Crippen LogP contribution is 2.55. The molecule has 5 rings (SSSR count). The molecular formula is C15H21N3O. The Morgan fingerprint density at radius 2 is 2.21 bits per heavy atom. The van der Waals surface area contributed by atoms with Crippen LogP contribution in [0.4, 0.5) is 5.69 Å². The van der Waals surface area contributed by atoms with Crippen LogP contribution in [0.15, 0.2) is 6.20 Å². The lowest BCUT2D eigenvalue weighted by atomic mass is 9.87. The summed E-state index contributed by atoms with van der Waals surface area (Å²) in [5.41, 5.74) is 2.69. The highest BCUT2D eigenvalue weighted by molar-refractivity contribution is 5.51. The van der Waals surface area contributed by atoms with Gasteiger partial charge in [-0.1, -0.05) is 0 Å². The molecule has 2 heterocycles. The van der Waals surface area contributed by atoms with Gasteiger partial charge in [0, 0.05) is 13.0 Å². The smallest absolute Gasteiger partial charge is 0.0810 e. The van der Waals surface area contributed by atoms with Gasteiger partial charge >= 0.3 is 0 Å². The zero-order valence-electron chi connectivity index (χ0n) is 11.4. The number of anilines is 1. The minimum atomic E-state index is 0.469. The molecule has 4 heteroatoms. The van der Waals surface area contributed by atoms with Crippen LogP contribution in [0.2, 0.25) is 0 Å². The molecule has 0 aromatic carbocycles. The first-order valence-electron chi connectivity index (χ1n) is 7.71. The maximum Gasteiger partial charge on any atom is 0.0810 e. The molecule has 1 aliphatic heterocycles. The summed E-state index contributed by atoms with van der Waals surface area (Å²) in [5.74, 6) is 3.27. The zero-order chi connectivity index (χ0) is 12.6. The van der Waals surface area contributed by atoms with Crippen LogP contribution < -0.4 is 5.32 Å². The molecule has 102 valence electrons. The van der Waals surface area contributed by atoms with Crippen LogP contribution >= 0.6 is 0 Å². The number of nitrogens with zero attached hydrogens (tertiary/aromatic N) is 2. The Labute approximate surface area is 113 Å². The van der Waals surface area contributed by atoms with Gasteiger partial charge in [0.05, 0.1) is 36.3 Å². The van der Waals surface area contributed by atoms with Crippen molar-refractivity contribution in [2.24, 2.45) is 24.8 Å². The van der Waals surface area contributed by atoms with Crippen LogP contribution in [-0.4, -0.2) is 28.5 Å². The van der Waals surface area contributed by atoms with E-state index in [2.05, 4.69) is 22.1 Å². The lowest BCUT2D eigenvalue weighted by molar-refractivity contribution is 0.0930. The average molecular weight is 259 g/mol. The molecule has 3 aliphatic carbocycles. The van der Waals surface area contributed by atoms with Gasteiger partial charge in [-0.05, 0) is 43.4 Å². The fourth-order valence-electron chi connectivity index (χ4n) is 4.86. The molecule has 4 aliphatic rings. The van der Waals surface area contributed by atoms with E-state index in [0.717, 1.165) is 30.3 Å². The Morgan fingerprint density at radius 1 is 1.32 bits per heavy atom. The quantitative estimate of drug-likeness (QED) is 0.904. The summed E-state index contributed by atoms with van der Waals surface area (Å²) in [6.45, 7) is 1.01. The highest BCUT2D eigenvalue weighted by Gasteiger charge is 2.57. The van der Waals surface area contributed by atoms with Crippen LogP contribution in [0.25, 0.3) is 0 Å². The summed E-state index contributed by atoms with van der Waals surface area (Å²) in [5, 5.41) is 8.26. The second kappa shape index (κ2) is 3.54. The van der Waals surface area contributed by atoms with Crippen molar-refractivity contribution in [3.63, 3.8) is 0 Å². The summed E-state index contributed by atoms with van der Waals surface area (Å²) in [6, 6.07) is 0.533. The largest absolute Gasteiger partial charge is 0.377 e. The molecule has 1 aromatic heterocycles. The predicted octanol–water partition coefficient (Wildman–Crippen LogP) is 2.13. The number of ether oxygens (including phenoxy) is 1. The van der Waals surface area contributed by atoms with Gasteiger partial charge in [-0.3, -0.25) is 4.68 Å². The normalized spacial score (nSPS) is 43.1. The summed E-state index contributed by atoms with van der Waals surface area (Å²) >= 11 is 0. The van der Waals surface area contributed by atoms with Gasteiger partial charge in [0.1, 0.15) is 0 Å². The first kappa shape index (κ1) is 10.7. The fourth-order valence-corrected chi connectivity index (χ4v) is 4.86. The van der Waals surface area contributed by atoms with Gasteiger partial charge in [-0.25, -0.2) is 0 Å². The molecule has 1 unspecified atom stereocenters. The van der Waals surface area contributed by atoms with E-state index < -0.39 is 0 Å². The molecule has 4 nitrogen and oxygen atoms in total. The summed E-state index contributed by atoms with van der Waals surface area (Å²) < 4.78 is 8.11. The zero-order valence-corrected chi connectivity index (χ0v) is 11.4. The lowest BCUT2D eigenvalue weighted by Gasteiger charge is -2.28. The van der Waals surface area contributed by atoms with E-state index in [1.54, 1.807) is 0 Å². The van der Waals surface area contributed by atoms with Gasteiger partial charge in [-0.2, -0.15) is 5.10 Å². The molecular weight excluding hydrogens is 238 g/mol. The molecule has 0 radical (unpaired) electrons. The number of fused-ring (bicyclic) bond motifs is 1. The predicted molar refractivity (Wildman–Crippen MR) is 72.0 cm³/mol. The van der Waals surface area contributed by atoms with Crippen molar-refractivity contribution in [3.8, 4) is 0 Å². The third kappa shape index (κ3) is 1.41. The van der Waals surface area contributed by atoms with Crippen molar-refractivity contribution < 1.29 is 4.74 Å². The third-order valence-corrected chi connectivity index (χ3v) is 5.84. The lowest BCUT2D eigenvalue weighted by Crippen LogP contribution is -2.38. The minimum Gasteiger partial charge on any atom is -0.377 e. The van der Waals surface area contributed by atoms with Crippen molar-refractivity contribution in [1.82, 2.24) is 9.78 Å². The molecule has 3 saturated carbocycles. The van der Waals surface area contributed by atoms with Crippen LogP contribution in [-0.2, 0) is 11.8 Å². The molecule has 0 amide bonds. The molecule has 2 bridgehead atoms. The van der Waals surface area contributed by atoms with Gasteiger partial charge < -0.3 is 10.1 Å². The maximum atomic E-state index is 6.05. The minimum absolute atomic E-state index is 0.469. The van der Waals surface area contributed by atoms with E-state index >= 15 is 0 Å². The van der Waals surface area contributed by atoms with Crippen molar-refractivity contribution in [2.75, 3.05) is 11.9 Å². The molecule has 19 heavy (non-hydrogen) atoms. The van der Waals surface area contributed by atoms with Crippen LogP contribution in [0, 0.1) is 17.8 Å². The number of aryl methyl sites for hydroxylation is 1. The van der Waals surface area contributed by atoms with Crippen LogP contribution in [0.5, 0.6) is 0 Å². The van der Waals surface area contributed by atoms with E-state index in [9.17, 15) is 0 Å². The van der Waals surface area contributed by atoms with E-state index in [4.69, 9.17) is 4.74 Å². The van der Waals surface area contributed by atoms with Gasteiger partial charge in [0.25, 0.3) is 0 Å². The maximum absolute atomic E-state index is 6.05. The van der Waals surface area contributed by atoms with Gasteiger partial charge in [-0.15, -0.1) is 0 Å². The van der Waals surface area contributed by atoms with Crippen molar-refractivity contribution >= 4 is 5.69 Å². The molecule has 1 saturated heterocycles. The fraction of sp³-hybridized carbons (Fsp3) is 0.800. The number of hydrogen-bond acceptors (Lipinski definition) is 3. The van der Waals surface area contributed by atoms with E-state index in [1.807, 2.05) is 6.20 Å². The number of rotatable bonds is 3. The molecule has 5 atom stereocenters. The first-order valence-corrected chi connectivity index (χ1v) is 7.71. The standard InChI is InChI=1S/C15H21N3O/c1-18-14(8-2-3-8)12(6-16-18)17-13-9-4-10-7-19-15(13)11(10)5-9/h6,8-11,13,15,17H,2-5,7H2,1H3/t9-,10-,11+,13?,15+/m1/s1. The topological polar surface area (TPSA) is 39.1 Å². The molecule has 0 spiro atoms. The molecule has 4 fully saturated rings. The summed E-state index contributed by atoms with van der Waals surface area (Å²) in [7, 11) is 2.07. The van der Waals surface area contributed by atoms with E-state index in [-0.39, 0.29) is 0 Å². The van der Waals surface area contributed by atoms with Gasteiger partial charge in [0.15, 0.2) is 0 Å². The van der Waals surface area contributed by atoms with Gasteiger partial charge in [0.2, 0.25) is 0 Å². The van der Waals surface area contributed by atoms with Crippen molar-refractivity contribution in [1.29, 1.82) is 0 Å². The Hall–Kier alpha value is -1.03. The number of aromatic nitrogens is 2. The second-order valence-electron chi connectivity index (χ2n) is 6.96. The third-order valence-electron chi connectivity index (χ3n) is 5.84. The Balaban J connectivity index is 1.44. The molecule has 1 N–H and O–H groups in total. The number of nitrogens with one attached hydrogen (secondary N) is 1. The SMILES string of the molecule is Cn1ncc(NC2[C@@H]3C[C@@H]4CO[C@H]2[C@H]4C3)c1C1CC1. The van der Waals surface area contributed by atoms with Crippen molar-refractivity contribution in [3.05, 3.63) is 11.9 Å². The second-order valence-corrected chi connectivity index (χ2v) is 6.96. The van der Waals surface area contributed by atoms with E-state index in [1.165, 1.54) is 37.1 Å². The Bertz CT molecular complexity index is 519. The average Bonchev–Trinajstić information content (AvgIpc) is 2.76. The van der Waals surface area contributed by atoms with Crippen LogP contribution in [0.1, 0.15) is 37.3 Å². The Kier molecular flexibility index (Phi) is 2.00. The van der Waals surface area contributed by atoms with E-state index in [0.29, 0.717) is 12.1 Å². The molecule has 1 aromatic rings. The first-order chi connectivity index (χ1) is 9.31. The summed E-state index contributed by atoms with van der Waals surface area (Å²) in [6.07, 6.45) is 7.89. The summed E-state index contributed by atoms with van der Waals surface area (Å²) in [4.78, 5) is 0. The van der Waals surface area contributed by atoms with Crippen molar-refractivity contribution in [2.45, 2.75) is 43.7 Å². The highest BCUT2D eigenvalue weighted by atomic mass is 16.5. The van der Waals surface area contributed by atoms with Crippen LogP contribution in [0.3, 0.4) is 0 Å².